The molecule has 0 fully saturated rings. The molecule has 12 heteroatoms. The van der Waals surface area contributed by atoms with Crippen LogP contribution in [0.15, 0.2) is 73.1 Å². The second-order valence-electron chi connectivity index (χ2n) is 7.76. The van der Waals surface area contributed by atoms with Crippen LogP contribution in [0.5, 0.6) is 23.1 Å². The SMILES string of the molecule is CNC(=O)Oc1cc(Oc2ccc(-c3c[nH]c(C(=O)Nc4cc(C(F)(F)F)ccc4OC)c3)cc2)ccn1. The third kappa shape index (κ3) is 6.22. The molecule has 2 aromatic carbocycles. The number of nitrogens with zero attached hydrogens (tertiary/aromatic N) is 1. The molecule has 38 heavy (non-hydrogen) atoms. The number of hydrogen-bond acceptors (Lipinski definition) is 6. The fourth-order valence-corrected chi connectivity index (χ4v) is 3.37. The number of anilines is 1. The molecule has 0 bridgehead atoms. The molecule has 0 aliphatic rings. The van der Waals surface area contributed by atoms with Crippen LogP contribution in [-0.2, 0) is 6.18 Å². The maximum atomic E-state index is 13.1. The lowest BCUT2D eigenvalue weighted by Gasteiger charge is -2.13. The van der Waals surface area contributed by atoms with Gasteiger partial charge in [0.15, 0.2) is 0 Å². The van der Waals surface area contributed by atoms with Crippen molar-refractivity contribution >= 4 is 17.7 Å². The predicted octanol–water partition coefficient (Wildman–Crippen LogP) is 5.87. The molecule has 2 amide bonds. The van der Waals surface area contributed by atoms with Crippen LogP contribution < -0.4 is 24.8 Å². The summed E-state index contributed by atoms with van der Waals surface area (Å²) in [7, 11) is 2.72. The van der Waals surface area contributed by atoms with Crippen LogP contribution in [0.2, 0.25) is 0 Å². The van der Waals surface area contributed by atoms with Gasteiger partial charge in [-0.25, -0.2) is 9.78 Å². The number of rotatable bonds is 7. The van der Waals surface area contributed by atoms with Crippen molar-refractivity contribution in [2.75, 3.05) is 19.5 Å². The van der Waals surface area contributed by atoms with E-state index in [2.05, 4.69) is 20.6 Å². The Bertz CT molecular complexity index is 1450. The number of ether oxygens (including phenoxy) is 3. The van der Waals surface area contributed by atoms with Gasteiger partial charge in [-0.2, -0.15) is 13.2 Å². The van der Waals surface area contributed by atoms with Gasteiger partial charge in [-0.05, 0) is 53.6 Å². The van der Waals surface area contributed by atoms with Crippen LogP contribution in [-0.4, -0.2) is 36.1 Å². The Kier molecular flexibility index (Phi) is 7.51. The number of alkyl halides is 3. The third-order valence-corrected chi connectivity index (χ3v) is 5.23. The molecule has 2 aromatic heterocycles. The highest BCUT2D eigenvalue weighted by molar-refractivity contribution is 6.04. The van der Waals surface area contributed by atoms with Crippen molar-refractivity contribution in [2.45, 2.75) is 6.18 Å². The Morgan fingerprint density at radius 1 is 0.947 bits per heavy atom. The number of benzene rings is 2. The fraction of sp³-hybridized carbons (Fsp3) is 0.115. The zero-order chi connectivity index (χ0) is 27.3. The molecule has 0 aliphatic heterocycles. The lowest BCUT2D eigenvalue weighted by molar-refractivity contribution is -0.137. The molecule has 0 atom stereocenters. The molecule has 4 aromatic rings. The van der Waals surface area contributed by atoms with Gasteiger partial charge < -0.3 is 29.8 Å². The summed E-state index contributed by atoms with van der Waals surface area (Å²) in [6.45, 7) is 0. The largest absolute Gasteiger partial charge is 0.495 e. The first kappa shape index (κ1) is 26.1. The van der Waals surface area contributed by atoms with Gasteiger partial charge in [0, 0.05) is 25.5 Å². The molecule has 196 valence electrons. The van der Waals surface area contributed by atoms with Crippen molar-refractivity contribution in [1.29, 1.82) is 0 Å². The number of amides is 2. The summed E-state index contributed by atoms with van der Waals surface area (Å²) in [5.74, 6) is 0.420. The molecule has 4 rings (SSSR count). The summed E-state index contributed by atoms with van der Waals surface area (Å²) >= 11 is 0. The first-order chi connectivity index (χ1) is 18.2. The van der Waals surface area contributed by atoms with Crippen molar-refractivity contribution in [3.8, 4) is 34.3 Å². The van der Waals surface area contributed by atoms with Gasteiger partial charge in [-0.15, -0.1) is 0 Å². The van der Waals surface area contributed by atoms with Gasteiger partial charge in [0.1, 0.15) is 22.9 Å². The van der Waals surface area contributed by atoms with E-state index in [-0.39, 0.29) is 23.0 Å². The average Bonchev–Trinajstić information content (AvgIpc) is 3.39. The summed E-state index contributed by atoms with van der Waals surface area (Å²) in [6.07, 6.45) is -2.20. The van der Waals surface area contributed by atoms with Gasteiger partial charge >= 0.3 is 12.3 Å². The monoisotopic (exact) mass is 526 g/mol. The van der Waals surface area contributed by atoms with Gasteiger partial charge in [0.05, 0.1) is 18.4 Å². The van der Waals surface area contributed by atoms with Gasteiger partial charge in [0.2, 0.25) is 5.88 Å². The Hall–Kier alpha value is -5.00. The van der Waals surface area contributed by atoms with E-state index in [1.165, 1.54) is 26.4 Å². The van der Waals surface area contributed by atoms with Crippen molar-refractivity contribution in [2.24, 2.45) is 0 Å². The van der Waals surface area contributed by atoms with Crippen LogP contribution in [0.25, 0.3) is 11.1 Å². The van der Waals surface area contributed by atoms with Gasteiger partial charge in [0.25, 0.3) is 5.91 Å². The molecule has 2 heterocycles. The van der Waals surface area contributed by atoms with E-state index < -0.39 is 23.7 Å². The van der Waals surface area contributed by atoms with Gasteiger partial charge in [-0.1, -0.05) is 12.1 Å². The Labute approximate surface area is 214 Å². The van der Waals surface area contributed by atoms with E-state index in [1.54, 1.807) is 42.6 Å². The zero-order valence-electron chi connectivity index (χ0n) is 20.1. The number of hydrogen-bond donors (Lipinski definition) is 3. The first-order valence-electron chi connectivity index (χ1n) is 11.0. The molecule has 9 nitrogen and oxygen atoms in total. The standard InChI is InChI=1S/C26H21F3N4O5/c1-30-25(35)38-23-13-19(9-10-31-23)37-18-6-3-15(4-7-18)16-11-21(32-14-16)24(34)33-20-12-17(26(27,28)29)5-8-22(20)36-2/h3-14,32H,1-2H3,(H,30,35)(H,33,34). The zero-order valence-corrected chi connectivity index (χ0v) is 20.1. The average molecular weight is 526 g/mol. The van der Waals surface area contributed by atoms with Crippen molar-refractivity contribution in [1.82, 2.24) is 15.3 Å². The third-order valence-electron chi connectivity index (χ3n) is 5.23. The highest BCUT2D eigenvalue weighted by Crippen LogP contribution is 2.35. The maximum absolute atomic E-state index is 13.1. The van der Waals surface area contributed by atoms with E-state index in [0.717, 1.165) is 23.8 Å². The molecule has 3 N–H and O–H groups in total. The predicted molar refractivity (Wildman–Crippen MR) is 132 cm³/mol. The van der Waals surface area contributed by atoms with Crippen molar-refractivity contribution in [3.63, 3.8) is 0 Å². The molecular weight excluding hydrogens is 505 g/mol. The van der Waals surface area contributed by atoms with Crippen LogP contribution in [0.3, 0.4) is 0 Å². The second-order valence-corrected chi connectivity index (χ2v) is 7.76. The van der Waals surface area contributed by atoms with E-state index in [0.29, 0.717) is 17.1 Å². The van der Waals surface area contributed by atoms with E-state index >= 15 is 0 Å². The minimum Gasteiger partial charge on any atom is -0.495 e. The summed E-state index contributed by atoms with van der Waals surface area (Å²) in [4.78, 5) is 30.8. The van der Waals surface area contributed by atoms with Gasteiger partial charge in [-0.3, -0.25) is 4.79 Å². The minimum atomic E-state index is -4.57. The molecule has 0 saturated heterocycles. The number of aromatic nitrogens is 2. The summed E-state index contributed by atoms with van der Waals surface area (Å²) in [6, 6.07) is 14.4. The molecule has 0 unspecified atom stereocenters. The molecule has 0 spiro atoms. The van der Waals surface area contributed by atoms with E-state index in [9.17, 15) is 22.8 Å². The number of halogens is 3. The number of methoxy groups -OCH3 is 1. The summed E-state index contributed by atoms with van der Waals surface area (Å²) in [5.41, 5.74) is 0.542. The van der Waals surface area contributed by atoms with Crippen molar-refractivity contribution in [3.05, 3.63) is 84.3 Å². The number of H-pyrrole nitrogens is 1. The highest BCUT2D eigenvalue weighted by Gasteiger charge is 2.31. The lowest BCUT2D eigenvalue weighted by Crippen LogP contribution is -2.22. The normalized spacial score (nSPS) is 11.0. The smallest absolute Gasteiger partial charge is 0.416 e. The Morgan fingerprint density at radius 3 is 2.39 bits per heavy atom. The van der Waals surface area contributed by atoms with Crippen LogP contribution in [0, 0.1) is 0 Å². The van der Waals surface area contributed by atoms with Crippen molar-refractivity contribution < 1.29 is 37.0 Å². The number of carbonyl (C=O) groups excluding carboxylic acids is 2. The second kappa shape index (κ2) is 10.9. The first-order valence-corrected chi connectivity index (χ1v) is 11.0. The highest BCUT2D eigenvalue weighted by atomic mass is 19.4. The summed E-state index contributed by atoms with van der Waals surface area (Å²) < 4.78 is 55.1. The lowest BCUT2D eigenvalue weighted by atomic mass is 10.1. The molecule has 0 saturated carbocycles. The topological polar surface area (TPSA) is 115 Å². The molecule has 0 aliphatic carbocycles. The van der Waals surface area contributed by atoms with E-state index in [1.807, 2.05) is 0 Å². The minimum absolute atomic E-state index is 0.0688. The van der Waals surface area contributed by atoms with Crippen LogP contribution >= 0.6 is 0 Å². The maximum Gasteiger partial charge on any atom is 0.416 e. The quantitative estimate of drug-likeness (QED) is 0.278. The molecular formula is C26H21F3N4O5. The summed E-state index contributed by atoms with van der Waals surface area (Å²) in [5, 5.41) is 4.78. The Balaban J connectivity index is 1.45. The Morgan fingerprint density at radius 2 is 1.71 bits per heavy atom. The number of nitrogens with one attached hydrogen (secondary N) is 3. The van der Waals surface area contributed by atoms with E-state index in [4.69, 9.17) is 14.2 Å². The number of aromatic amines is 1. The number of pyridine rings is 1. The fourth-order valence-electron chi connectivity index (χ4n) is 3.37. The van der Waals surface area contributed by atoms with Crippen LogP contribution in [0.1, 0.15) is 16.1 Å². The molecule has 0 radical (unpaired) electrons. The van der Waals surface area contributed by atoms with Crippen LogP contribution in [0.4, 0.5) is 23.7 Å². The number of carbonyl (C=O) groups is 2.